The molecular formula is C20H31N5O. The van der Waals surface area contributed by atoms with Crippen LogP contribution in [-0.2, 0) is 6.42 Å². The maximum atomic E-state index is 10.4. The zero-order valence-electron chi connectivity index (χ0n) is 16.3. The van der Waals surface area contributed by atoms with Crippen molar-refractivity contribution in [3.05, 3.63) is 23.0 Å². The van der Waals surface area contributed by atoms with E-state index in [1.54, 1.807) is 0 Å². The second kappa shape index (κ2) is 7.16. The summed E-state index contributed by atoms with van der Waals surface area (Å²) in [6, 6.07) is 2.55. The van der Waals surface area contributed by atoms with E-state index in [1.165, 1.54) is 18.4 Å². The summed E-state index contributed by atoms with van der Waals surface area (Å²) in [7, 11) is 0. The van der Waals surface area contributed by atoms with E-state index < -0.39 is 0 Å². The fraction of sp³-hybridized carbons (Fsp3) is 0.700. The van der Waals surface area contributed by atoms with Gasteiger partial charge in [0.05, 0.1) is 11.8 Å². The normalized spacial score (nSPS) is 25.2. The molecule has 2 aromatic heterocycles. The van der Waals surface area contributed by atoms with E-state index >= 15 is 0 Å². The molecule has 2 fully saturated rings. The largest absolute Gasteiger partial charge is 0.391 e. The van der Waals surface area contributed by atoms with Gasteiger partial charge in [-0.15, -0.1) is 0 Å². The molecule has 2 atom stereocenters. The second-order valence-corrected chi connectivity index (χ2v) is 7.85. The van der Waals surface area contributed by atoms with Gasteiger partial charge < -0.3 is 10.0 Å². The number of aromatic nitrogens is 3. The molecule has 1 aliphatic heterocycles. The van der Waals surface area contributed by atoms with Crippen molar-refractivity contribution in [2.75, 3.05) is 31.1 Å². The van der Waals surface area contributed by atoms with Gasteiger partial charge in [0.15, 0.2) is 5.65 Å². The van der Waals surface area contributed by atoms with Gasteiger partial charge in [-0.1, -0.05) is 19.8 Å². The molecule has 2 aliphatic rings. The minimum atomic E-state index is -0.147. The van der Waals surface area contributed by atoms with E-state index in [1.807, 2.05) is 4.52 Å². The van der Waals surface area contributed by atoms with Crippen LogP contribution < -0.4 is 4.90 Å². The first kappa shape index (κ1) is 17.7. The quantitative estimate of drug-likeness (QED) is 0.914. The standard InChI is InChI=1S/C20H31N5O/c1-4-16-13-19(25-20(21-16)14(2)15(3)22-25)24-11-9-23(10-12-24)17-7-5-6-8-18(17)26/h13,17-18,26H,4-12H2,1-3H3/t17-,18-/m1/s1. The highest BCUT2D eigenvalue weighted by atomic mass is 16.3. The summed E-state index contributed by atoms with van der Waals surface area (Å²) in [5.41, 5.74) is 4.34. The number of nitrogens with zero attached hydrogens (tertiary/aromatic N) is 5. The van der Waals surface area contributed by atoms with E-state index in [2.05, 4.69) is 36.6 Å². The molecule has 1 saturated carbocycles. The van der Waals surface area contributed by atoms with Crippen LogP contribution in [0.25, 0.3) is 5.65 Å². The van der Waals surface area contributed by atoms with E-state index in [0.717, 1.165) is 68.3 Å². The van der Waals surface area contributed by atoms with Crippen LogP contribution in [0.4, 0.5) is 5.82 Å². The van der Waals surface area contributed by atoms with Gasteiger partial charge in [0.25, 0.3) is 0 Å². The second-order valence-electron chi connectivity index (χ2n) is 7.85. The fourth-order valence-corrected chi connectivity index (χ4v) is 4.47. The lowest BCUT2D eigenvalue weighted by molar-refractivity contribution is 0.0172. The SMILES string of the molecule is CCc1cc(N2CCN([C@@H]3CCCC[C@H]3O)CC2)n2nc(C)c(C)c2n1. The number of anilines is 1. The summed E-state index contributed by atoms with van der Waals surface area (Å²) < 4.78 is 2.02. The summed E-state index contributed by atoms with van der Waals surface area (Å²) >= 11 is 0. The monoisotopic (exact) mass is 357 g/mol. The first-order valence-electron chi connectivity index (χ1n) is 10.1. The molecule has 0 radical (unpaired) electrons. The summed E-state index contributed by atoms with van der Waals surface area (Å²) in [5, 5.41) is 15.1. The predicted octanol–water partition coefficient (Wildman–Crippen LogP) is 2.33. The van der Waals surface area contributed by atoms with Crippen molar-refractivity contribution in [2.24, 2.45) is 0 Å². The highest BCUT2D eigenvalue weighted by Gasteiger charge is 2.31. The van der Waals surface area contributed by atoms with Crippen LogP contribution in [0.3, 0.4) is 0 Å². The van der Waals surface area contributed by atoms with E-state index in [9.17, 15) is 5.11 Å². The third-order valence-electron chi connectivity index (χ3n) is 6.25. The molecule has 142 valence electrons. The molecule has 3 heterocycles. The first-order chi connectivity index (χ1) is 12.6. The van der Waals surface area contributed by atoms with Crippen LogP contribution in [0, 0.1) is 13.8 Å². The van der Waals surface area contributed by atoms with Gasteiger partial charge in [-0.05, 0) is 33.1 Å². The van der Waals surface area contributed by atoms with Gasteiger partial charge in [0.1, 0.15) is 5.82 Å². The Morgan fingerprint density at radius 2 is 1.85 bits per heavy atom. The Balaban J connectivity index is 1.56. The highest BCUT2D eigenvalue weighted by molar-refractivity contribution is 5.57. The minimum absolute atomic E-state index is 0.147. The lowest BCUT2D eigenvalue weighted by Crippen LogP contribution is -2.54. The lowest BCUT2D eigenvalue weighted by atomic mass is 9.91. The number of piperazine rings is 1. The molecule has 0 amide bonds. The minimum Gasteiger partial charge on any atom is -0.391 e. The van der Waals surface area contributed by atoms with Crippen LogP contribution in [0.1, 0.15) is 49.6 Å². The number of hydrogen-bond acceptors (Lipinski definition) is 5. The molecule has 1 saturated heterocycles. The number of hydrogen-bond donors (Lipinski definition) is 1. The van der Waals surface area contributed by atoms with E-state index in [4.69, 9.17) is 10.1 Å². The van der Waals surface area contributed by atoms with Crippen molar-refractivity contribution in [1.29, 1.82) is 0 Å². The van der Waals surface area contributed by atoms with Crippen molar-refractivity contribution >= 4 is 11.5 Å². The molecule has 4 rings (SSSR count). The Kier molecular flexibility index (Phi) is 4.88. The predicted molar refractivity (Wildman–Crippen MR) is 104 cm³/mol. The average molecular weight is 358 g/mol. The summed E-state index contributed by atoms with van der Waals surface area (Å²) in [6.45, 7) is 10.3. The summed E-state index contributed by atoms with van der Waals surface area (Å²) in [4.78, 5) is 9.73. The van der Waals surface area contributed by atoms with Crippen LogP contribution in [0.5, 0.6) is 0 Å². The molecule has 0 bridgehead atoms. The molecule has 6 heteroatoms. The van der Waals surface area contributed by atoms with Crippen LogP contribution in [0.15, 0.2) is 6.07 Å². The Hall–Kier alpha value is -1.66. The molecule has 1 N–H and O–H groups in total. The molecule has 2 aromatic rings. The lowest BCUT2D eigenvalue weighted by Gasteiger charge is -2.43. The molecule has 0 unspecified atom stereocenters. The maximum absolute atomic E-state index is 10.4. The average Bonchev–Trinajstić information content (AvgIpc) is 2.96. The third kappa shape index (κ3) is 3.09. The topological polar surface area (TPSA) is 56.9 Å². The number of fused-ring (bicyclic) bond motifs is 1. The summed E-state index contributed by atoms with van der Waals surface area (Å²) in [6.07, 6.45) is 5.30. The zero-order chi connectivity index (χ0) is 18.3. The molecule has 0 aromatic carbocycles. The summed E-state index contributed by atoms with van der Waals surface area (Å²) in [5.74, 6) is 1.16. The van der Waals surface area contributed by atoms with Gasteiger partial charge in [-0.2, -0.15) is 9.61 Å². The number of aryl methyl sites for hydroxylation is 3. The third-order valence-corrected chi connectivity index (χ3v) is 6.25. The Labute approximate surface area is 155 Å². The fourth-order valence-electron chi connectivity index (χ4n) is 4.47. The van der Waals surface area contributed by atoms with Gasteiger partial charge >= 0.3 is 0 Å². The maximum Gasteiger partial charge on any atom is 0.160 e. The molecule has 26 heavy (non-hydrogen) atoms. The molecule has 0 spiro atoms. The molecule has 1 aliphatic carbocycles. The number of aliphatic hydroxyl groups excluding tert-OH is 1. The first-order valence-corrected chi connectivity index (χ1v) is 10.1. The van der Waals surface area contributed by atoms with Crippen LogP contribution >= 0.6 is 0 Å². The van der Waals surface area contributed by atoms with E-state index in [-0.39, 0.29) is 6.10 Å². The van der Waals surface area contributed by atoms with E-state index in [0.29, 0.717) is 6.04 Å². The van der Waals surface area contributed by atoms with Gasteiger partial charge in [-0.25, -0.2) is 4.98 Å². The number of aliphatic hydroxyl groups is 1. The van der Waals surface area contributed by atoms with Crippen molar-refractivity contribution in [3.63, 3.8) is 0 Å². The van der Waals surface area contributed by atoms with Crippen molar-refractivity contribution in [1.82, 2.24) is 19.5 Å². The Bertz CT molecular complexity index is 778. The molecule has 6 nitrogen and oxygen atoms in total. The van der Waals surface area contributed by atoms with Gasteiger partial charge in [0.2, 0.25) is 0 Å². The van der Waals surface area contributed by atoms with Crippen LogP contribution in [-0.4, -0.2) is 62.9 Å². The van der Waals surface area contributed by atoms with Crippen molar-refractivity contribution in [2.45, 2.75) is 65.0 Å². The zero-order valence-corrected chi connectivity index (χ0v) is 16.3. The number of rotatable bonds is 3. The smallest absolute Gasteiger partial charge is 0.160 e. The van der Waals surface area contributed by atoms with Gasteiger partial charge in [0, 0.05) is 49.5 Å². The Morgan fingerprint density at radius 1 is 1.12 bits per heavy atom. The Morgan fingerprint density at radius 3 is 2.54 bits per heavy atom. The van der Waals surface area contributed by atoms with Gasteiger partial charge in [-0.3, -0.25) is 4.90 Å². The highest BCUT2D eigenvalue weighted by Crippen LogP contribution is 2.27. The molecular weight excluding hydrogens is 326 g/mol. The van der Waals surface area contributed by atoms with Crippen molar-refractivity contribution < 1.29 is 5.11 Å². The van der Waals surface area contributed by atoms with Crippen molar-refractivity contribution in [3.8, 4) is 0 Å². The van der Waals surface area contributed by atoms with Crippen LogP contribution in [0.2, 0.25) is 0 Å².